The van der Waals surface area contributed by atoms with Gasteiger partial charge < -0.3 is 15.7 Å². The zero-order valence-electron chi connectivity index (χ0n) is 10.1. The molecule has 1 heterocycles. The normalized spacial score (nSPS) is 22.3. The summed E-state index contributed by atoms with van der Waals surface area (Å²) < 4.78 is 38.0. The van der Waals surface area contributed by atoms with Crippen LogP contribution in [-0.4, -0.2) is 17.2 Å². The van der Waals surface area contributed by atoms with Gasteiger partial charge in [0, 0.05) is 11.7 Å². The van der Waals surface area contributed by atoms with E-state index in [0.29, 0.717) is 17.7 Å². The number of carbonyl (C=O) groups is 1. The fourth-order valence-electron chi connectivity index (χ4n) is 2.25. The van der Waals surface area contributed by atoms with Gasteiger partial charge in [0.05, 0.1) is 11.6 Å². The van der Waals surface area contributed by atoms with E-state index in [1.165, 1.54) is 6.07 Å². The first kappa shape index (κ1) is 13.5. The van der Waals surface area contributed by atoms with Crippen molar-refractivity contribution in [3.05, 3.63) is 29.3 Å². The molecule has 0 saturated carbocycles. The van der Waals surface area contributed by atoms with E-state index in [1.54, 1.807) is 0 Å². The van der Waals surface area contributed by atoms with Gasteiger partial charge in [0.25, 0.3) is 0 Å². The number of rotatable bonds is 1. The highest BCUT2D eigenvalue weighted by Crippen LogP contribution is 2.37. The topological polar surface area (TPSA) is 61.4 Å². The maximum Gasteiger partial charge on any atom is 0.416 e. The Hall–Kier alpha value is -1.92. The summed E-state index contributed by atoms with van der Waals surface area (Å²) in [5.74, 6) is 0. The third-order valence-electron chi connectivity index (χ3n) is 3.04. The molecule has 2 atom stereocenters. The summed E-state index contributed by atoms with van der Waals surface area (Å²) in [5, 5.41) is 14.1. The largest absolute Gasteiger partial charge is 0.465 e. The van der Waals surface area contributed by atoms with Crippen LogP contribution in [0.5, 0.6) is 0 Å². The molecule has 0 aromatic heterocycles. The molecule has 0 saturated heterocycles. The SMILES string of the molecule is CC1CC(NC(=O)O)c2cc(C(F)(F)F)ccc2N1. The van der Waals surface area contributed by atoms with Crippen LogP contribution >= 0.6 is 0 Å². The number of carboxylic acid groups (broad SMARTS) is 1. The van der Waals surface area contributed by atoms with E-state index >= 15 is 0 Å². The van der Waals surface area contributed by atoms with Crippen molar-refractivity contribution in [2.75, 3.05) is 5.32 Å². The smallest absolute Gasteiger partial charge is 0.416 e. The van der Waals surface area contributed by atoms with Crippen molar-refractivity contribution in [2.45, 2.75) is 31.6 Å². The van der Waals surface area contributed by atoms with Gasteiger partial charge in [-0.1, -0.05) is 0 Å². The van der Waals surface area contributed by atoms with Gasteiger partial charge in [-0.3, -0.25) is 0 Å². The van der Waals surface area contributed by atoms with Crippen LogP contribution in [0.1, 0.15) is 30.5 Å². The molecule has 7 heteroatoms. The number of alkyl halides is 3. The molecule has 1 aromatic carbocycles. The molecule has 0 fully saturated rings. The van der Waals surface area contributed by atoms with E-state index in [0.717, 1.165) is 12.1 Å². The molecule has 1 aliphatic heterocycles. The average Bonchev–Trinajstić information content (AvgIpc) is 2.26. The van der Waals surface area contributed by atoms with Crippen molar-refractivity contribution in [3.8, 4) is 0 Å². The Labute approximate surface area is 107 Å². The first-order valence-electron chi connectivity index (χ1n) is 5.74. The quantitative estimate of drug-likeness (QED) is 0.737. The molecule has 1 aliphatic rings. The second-order valence-corrected chi connectivity index (χ2v) is 4.58. The zero-order chi connectivity index (χ0) is 14.2. The van der Waals surface area contributed by atoms with Crippen LogP contribution in [0.25, 0.3) is 0 Å². The van der Waals surface area contributed by atoms with Crippen molar-refractivity contribution in [1.29, 1.82) is 0 Å². The van der Waals surface area contributed by atoms with E-state index < -0.39 is 23.9 Å². The number of anilines is 1. The van der Waals surface area contributed by atoms with Crippen molar-refractivity contribution in [3.63, 3.8) is 0 Å². The van der Waals surface area contributed by atoms with Crippen LogP contribution in [0.2, 0.25) is 0 Å². The molecule has 19 heavy (non-hydrogen) atoms. The molecule has 2 unspecified atom stereocenters. The van der Waals surface area contributed by atoms with E-state index in [2.05, 4.69) is 10.6 Å². The van der Waals surface area contributed by atoms with Gasteiger partial charge in [-0.2, -0.15) is 13.2 Å². The predicted molar refractivity (Wildman–Crippen MR) is 63.0 cm³/mol. The molecule has 1 amide bonds. The first-order valence-corrected chi connectivity index (χ1v) is 5.74. The van der Waals surface area contributed by atoms with Crippen LogP contribution < -0.4 is 10.6 Å². The van der Waals surface area contributed by atoms with Crippen molar-refractivity contribution in [2.24, 2.45) is 0 Å². The third-order valence-corrected chi connectivity index (χ3v) is 3.04. The number of benzene rings is 1. The summed E-state index contributed by atoms with van der Waals surface area (Å²) in [4.78, 5) is 10.7. The lowest BCUT2D eigenvalue weighted by Gasteiger charge is -2.31. The molecule has 0 spiro atoms. The molecule has 104 valence electrons. The second-order valence-electron chi connectivity index (χ2n) is 4.58. The maximum absolute atomic E-state index is 12.7. The van der Waals surface area contributed by atoms with Crippen molar-refractivity contribution >= 4 is 11.8 Å². The lowest BCUT2D eigenvalue weighted by atomic mass is 9.92. The fourth-order valence-corrected chi connectivity index (χ4v) is 2.25. The van der Waals surface area contributed by atoms with Crippen LogP contribution in [0.3, 0.4) is 0 Å². The molecule has 2 rings (SSSR count). The van der Waals surface area contributed by atoms with Gasteiger partial charge >= 0.3 is 12.3 Å². The summed E-state index contributed by atoms with van der Waals surface area (Å²) in [6.07, 6.45) is -5.28. The number of halogens is 3. The summed E-state index contributed by atoms with van der Waals surface area (Å²) in [6, 6.07) is 2.67. The fraction of sp³-hybridized carbons (Fsp3) is 0.417. The van der Waals surface area contributed by atoms with Crippen molar-refractivity contribution in [1.82, 2.24) is 5.32 Å². The van der Waals surface area contributed by atoms with Gasteiger partial charge in [0.1, 0.15) is 0 Å². The van der Waals surface area contributed by atoms with Crippen LogP contribution in [0.15, 0.2) is 18.2 Å². The Morgan fingerprint density at radius 3 is 2.74 bits per heavy atom. The monoisotopic (exact) mass is 274 g/mol. The number of hydrogen-bond acceptors (Lipinski definition) is 2. The highest BCUT2D eigenvalue weighted by molar-refractivity contribution is 5.67. The van der Waals surface area contributed by atoms with Gasteiger partial charge in [0.15, 0.2) is 0 Å². The summed E-state index contributed by atoms with van der Waals surface area (Å²) in [5.41, 5.74) is 0.0839. The van der Waals surface area contributed by atoms with Gasteiger partial charge in [-0.05, 0) is 37.1 Å². The maximum atomic E-state index is 12.7. The Balaban J connectivity index is 2.41. The number of hydrogen-bond donors (Lipinski definition) is 3. The molecule has 1 aromatic rings. The highest BCUT2D eigenvalue weighted by Gasteiger charge is 2.33. The first-order chi connectivity index (χ1) is 8.77. The summed E-state index contributed by atoms with van der Waals surface area (Å²) in [6.45, 7) is 1.84. The minimum Gasteiger partial charge on any atom is -0.465 e. The minimum absolute atomic E-state index is 0.0129. The molecule has 0 bridgehead atoms. The molecule has 4 nitrogen and oxygen atoms in total. The molecule has 0 radical (unpaired) electrons. The Morgan fingerprint density at radius 2 is 2.16 bits per heavy atom. The average molecular weight is 274 g/mol. The zero-order valence-corrected chi connectivity index (χ0v) is 10.1. The van der Waals surface area contributed by atoms with E-state index in [-0.39, 0.29) is 6.04 Å². The van der Waals surface area contributed by atoms with Crippen LogP contribution in [0, 0.1) is 0 Å². The van der Waals surface area contributed by atoms with E-state index in [1.807, 2.05) is 6.92 Å². The Bertz CT molecular complexity index is 502. The Morgan fingerprint density at radius 1 is 1.47 bits per heavy atom. The Kier molecular flexibility index (Phi) is 3.30. The van der Waals surface area contributed by atoms with Crippen LogP contribution in [-0.2, 0) is 6.18 Å². The lowest BCUT2D eigenvalue weighted by Crippen LogP contribution is -2.35. The second kappa shape index (κ2) is 4.64. The van der Waals surface area contributed by atoms with E-state index in [4.69, 9.17) is 5.11 Å². The number of fused-ring (bicyclic) bond motifs is 1. The number of amides is 1. The molecule has 0 aliphatic carbocycles. The van der Waals surface area contributed by atoms with Gasteiger partial charge in [-0.15, -0.1) is 0 Å². The van der Waals surface area contributed by atoms with Crippen molar-refractivity contribution < 1.29 is 23.1 Å². The summed E-state index contributed by atoms with van der Waals surface area (Å²) >= 11 is 0. The molecular formula is C12H13F3N2O2. The highest BCUT2D eigenvalue weighted by atomic mass is 19.4. The minimum atomic E-state index is -4.44. The summed E-state index contributed by atoms with van der Waals surface area (Å²) in [7, 11) is 0. The van der Waals surface area contributed by atoms with Gasteiger partial charge in [0.2, 0.25) is 0 Å². The predicted octanol–water partition coefficient (Wildman–Crippen LogP) is 3.22. The molecule has 3 N–H and O–H groups in total. The lowest BCUT2D eigenvalue weighted by molar-refractivity contribution is -0.137. The van der Waals surface area contributed by atoms with E-state index in [9.17, 15) is 18.0 Å². The standard InChI is InChI=1S/C12H13F3N2O2/c1-6-4-10(17-11(18)19)8-5-7(12(13,14)15)2-3-9(8)16-6/h2-3,5-6,10,16-17H,4H2,1H3,(H,18,19). The molecular weight excluding hydrogens is 261 g/mol. The van der Waals surface area contributed by atoms with Crippen LogP contribution in [0.4, 0.5) is 23.7 Å². The third kappa shape index (κ3) is 2.91. The van der Waals surface area contributed by atoms with Gasteiger partial charge in [-0.25, -0.2) is 4.79 Å². The number of nitrogens with one attached hydrogen (secondary N) is 2.